The second-order valence-electron chi connectivity index (χ2n) is 7.94. The van der Waals surface area contributed by atoms with Gasteiger partial charge in [-0.25, -0.2) is 8.78 Å². The van der Waals surface area contributed by atoms with E-state index in [2.05, 4.69) is 4.72 Å². The van der Waals surface area contributed by atoms with Gasteiger partial charge in [-0.15, -0.1) is 0 Å². The molecule has 2 aliphatic heterocycles. The minimum atomic E-state index is -4.46. The fourth-order valence-electron chi connectivity index (χ4n) is 3.77. The van der Waals surface area contributed by atoms with E-state index in [1.807, 2.05) is 0 Å². The number of carbonyl (C=O) groups is 1. The van der Waals surface area contributed by atoms with Gasteiger partial charge in [0.2, 0.25) is 6.41 Å². The number of hydrogen-bond donors (Lipinski definition) is 1. The van der Waals surface area contributed by atoms with Crippen molar-refractivity contribution in [3.05, 3.63) is 59.2 Å². The van der Waals surface area contributed by atoms with Crippen LogP contribution in [0.1, 0.15) is 24.0 Å². The van der Waals surface area contributed by atoms with Crippen molar-refractivity contribution in [3.63, 3.8) is 0 Å². The number of halogens is 5. The van der Waals surface area contributed by atoms with Gasteiger partial charge in [-0.05, 0) is 55.0 Å². The van der Waals surface area contributed by atoms with Crippen LogP contribution in [-0.2, 0) is 16.0 Å². The smallest absolute Gasteiger partial charge is 0.381 e. The van der Waals surface area contributed by atoms with Crippen molar-refractivity contribution in [1.82, 2.24) is 9.62 Å². The van der Waals surface area contributed by atoms with Crippen molar-refractivity contribution >= 4 is 18.4 Å². The summed E-state index contributed by atoms with van der Waals surface area (Å²) >= 11 is -0.363. The monoisotopic (exact) mass is 488 g/mol. The number of amides is 1. The molecule has 10 heteroatoms. The molecule has 1 N–H and O–H groups in total. The Morgan fingerprint density at radius 1 is 1.21 bits per heavy atom. The number of ether oxygens (including phenoxy) is 1. The highest BCUT2D eigenvalue weighted by Crippen LogP contribution is 2.32. The van der Waals surface area contributed by atoms with E-state index in [1.165, 1.54) is 35.6 Å². The molecule has 0 saturated carbocycles. The van der Waals surface area contributed by atoms with Gasteiger partial charge in [0.15, 0.2) is 0 Å². The summed E-state index contributed by atoms with van der Waals surface area (Å²) in [6.07, 6.45) is 2.22. The van der Waals surface area contributed by atoms with Crippen LogP contribution in [0.3, 0.4) is 0 Å². The zero-order valence-electron chi connectivity index (χ0n) is 18.0. The molecule has 4 rings (SSSR count). The Balaban J connectivity index is 0.000000690. The lowest BCUT2D eigenvalue weighted by atomic mass is 9.95. The van der Waals surface area contributed by atoms with Gasteiger partial charge in [-0.2, -0.15) is 13.2 Å². The summed E-state index contributed by atoms with van der Waals surface area (Å²) < 4.78 is 73.6. The number of nitrogens with one attached hydrogen (secondary N) is 1. The molecule has 0 aromatic heterocycles. The number of rotatable bonds is 6. The Hall–Kier alpha value is -2.17. The Kier molecular flexibility index (Phi) is 8.72. The lowest BCUT2D eigenvalue weighted by Gasteiger charge is -2.26. The molecule has 1 amide bonds. The van der Waals surface area contributed by atoms with Crippen LogP contribution in [0.5, 0.6) is 0 Å². The van der Waals surface area contributed by atoms with Crippen molar-refractivity contribution in [3.8, 4) is 11.1 Å². The average Bonchev–Trinajstić information content (AvgIpc) is 3.07. The van der Waals surface area contributed by atoms with E-state index in [0.717, 1.165) is 13.2 Å². The molecule has 0 spiro atoms. The quantitative estimate of drug-likeness (QED) is 0.343. The van der Waals surface area contributed by atoms with Crippen molar-refractivity contribution in [2.75, 3.05) is 19.8 Å². The third kappa shape index (κ3) is 7.15. The van der Waals surface area contributed by atoms with Gasteiger partial charge in [0.05, 0.1) is 6.04 Å². The molecule has 4 nitrogen and oxygen atoms in total. The van der Waals surface area contributed by atoms with Crippen molar-refractivity contribution in [2.45, 2.75) is 43.8 Å². The first kappa shape index (κ1) is 25.5. The van der Waals surface area contributed by atoms with Crippen molar-refractivity contribution in [1.29, 1.82) is 0 Å². The normalized spacial score (nSPS) is 20.1. The number of carbonyl (C=O) groups excluding carboxylic acids is 1. The molecule has 0 aliphatic carbocycles. The third-order valence-corrected chi connectivity index (χ3v) is 6.14. The lowest BCUT2D eigenvalue weighted by molar-refractivity contribution is -0.118. The summed E-state index contributed by atoms with van der Waals surface area (Å²) in [5.41, 5.74) is -2.98. The maximum absolute atomic E-state index is 15.2. The summed E-state index contributed by atoms with van der Waals surface area (Å²) in [7, 11) is 0. The van der Waals surface area contributed by atoms with Crippen LogP contribution in [0, 0.1) is 18.6 Å². The molecule has 0 radical (unpaired) electrons. The number of alkyl halides is 3. The SMILES string of the molecule is C1COC1.Cc1cc(F)cc(-c2cccc(CC3C(NSC(F)(F)F)CCN3C=O)c2F)c1. The Labute approximate surface area is 193 Å². The number of likely N-dealkylation sites (tertiary alicyclic amines) is 1. The van der Waals surface area contributed by atoms with E-state index in [1.54, 1.807) is 19.1 Å². The Bertz CT molecular complexity index is 929. The largest absolute Gasteiger partial charge is 0.456 e. The van der Waals surface area contributed by atoms with Gasteiger partial charge >= 0.3 is 5.51 Å². The second-order valence-corrected chi connectivity index (χ2v) is 8.84. The van der Waals surface area contributed by atoms with Crippen LogP contribution in [0.15, 0.2) is 36.4 Å². The molecule has 2 heterocycles. The summed E-state index contributed by atoms with van der Waals surface area (Å²) in [4.78, 5) is 12.7. The summed E-state index contributed by atoms with van der Waals surface area (Å²) in [5, 5.41) is 0. The first-order valence-electron chi connectivity index (χ1n) is 10.5. The first-order chi connectivity index (χ1) is 15.7. The van der Waals surface area contributed by atoms with Crippen LogP contribution in [0.2, 0.25) is 0 Å². The van der Waals surface area contributed by atoms with E-state index in [4.69, 9.17) is 4.74 Å². The topological polar surface area (TPSA) is 41.6 Å². The fraction of sp³-hybridized carbons (Fsp3) is 0.435. The number of benzene rings is 2. The molecule has 33 heavy (non-hydrogen) atoms. The molecule has 0 bridgehead atoms. The summed E-state index contributed by atoms with van der Waals surface area (Å²) in [6, 6.07) is 7.62. The van der Waals surface area contributed by atoms with Crippen molar-refractivity contribution in [2.24, 2.45) is 0 Å². The van der Waals surface area contributed by atoms with E-state index < -0.39 is 29.2 Å². The molecular formula is C23H25F5N2O2S. The minimum Gasteiger partial charge on any atom is -0.381 e. The van der Waals surface area contributed by atoms with Crippen LogP contribution in [0.4, 0.5) is 22.0 Å². The first-order valence-corrected chi connectivity index (χ1v) is 11.3. The van der Waals surface area contributed by atoms with Gasteiger partial charge in [-0.3, -0.25) is 9.52 Å². The third-order valence-electron chi connectivity index (χ3n) is 5.49. The molecule has 2 fully saturated rings. The zero-order chi connectivity index (χ0) is 24.0. The Morgan fingerprint density at radius 2 is 1.91 bits per heavy atom. The highest BCUT2D eigenvalue weighted by Gasteiger charge is 2.37. The lowest BCUT2D eigenvalue weighted by Crippen LogP contribution is -2.42. The maximum Gasteiger partial charge on any atom is 0.456 e. The molecule has 2 aromatic carbocycles. The van der Waals surface area contributed by atoms with Crippen LogP contribution < -0.4 is 4.72 Å². The number of aryl methyl sites for hydroxylation is 1. The minimum absolute atomic E-state index is 0.0444. The second kappa shape index (κ2) is 11.3. The molecule has 2 aliphatic rings. The highest BCUT2D eigenvalue weighted by molar-refractivity contribution is 7.98. The molecule has 2 atom stereocenters. The summed E-state index contributed by atoms with van der Waals surface area (Å²) in [6.45, 7) is 3.98. The van der Waals surface area contributed by atoms with Crippen LogP contribution in [-0.4, -0.2) is 48.7 Å². The fourth-order valence-corrected chi connectivity index (χ4v) is 4.33. The van der Waals surface area contributed by atoms with Gasteiger partial charge in [-0.1, -0.05) is 24.3 Å². The van der Waals surface area contributed by atoms with Crippen molar-refractivity contribution < 1.29 is 31.5 Å². The summed E-state index contributed by atoms with van der Waals surface area (Å²) in [5.74, 6) is -1.06. The number of nitrogens with zero attached hydrogens (tertiary/aromatic N) is 1. The molecule has 2 aromatic rings. The van der Waals surface area contributed by atoms with E-state index in [9.17, 15) is 22.4 Å². The van der Waals surface area contributed by atoms with Crippen LogP contribution >= 0.6 is 11.9 Å². The van der Waals surface area contributed by atoms with E-state index in [0.29, 0.717) is 24.0 Å². The predicted octanol–water partition coefficient (Wildman–Crippen LogP) is 5.25. The number of hydrogen-bond acceptors (Lipinski definition) is 4. The van der Waals surface area contributed by atoms with Gasteiger partial charge in [0, 0.05) is 43.3 Å². The van der Waals surface area contributed by atoms with E-state index >= 15 is 4.39 Å². The molecular weight excluding hydrogens is 463 g/mol. The molecule has 2 saturated heterocycles. The molecule has 180 valence electrons. The van der Waals surface area contributed by atoms with Crippen LogP contribution in [0.25, 0.3) is 11.1 Å². The Morgan fingerprint density at radius 3 is 2.48 bits per heavy atom. The predicted molar refractivity (Wildman–Crippen MR) is 117 cm³/mol. The van der Waals surface area contributed by atoms with Gasteiger partial charge in [0.25, 0.3) is 0 Å². The zero-order valence-corrected chi connectivity index (χ0v) is 18.8. The molecule has 2 unspecified atom stereocenters. The van der Waals surface area contributed by atoms with E-state index in [-0.39, 0.29) is 36.0 Å². The maximum atomic E-state index is 15.2. The standard InChI is InChI=1S/C20H19F5N2OS.C3H6O/c1-12-7-14(9-15(21)8-12)16-4-2-3-13(19(16)22)10-18-17(5-6-27(18)11-28)26-29-20(23,24)25;1-2-4-3-1/h2-4,7-9,11,17-18,26H,5-6,10H2,1H3;1-3H2. The average molecular weight is 489 g/mol. The van der Waals surface area contributed by atoms with Gasteiger partial charge < -0.3 is 9.64 Å². The highest BCUT2D eigenvalue weighted by atomic mass is 32.2. The van der Waals surface area contributed by atoms with Gasteiger partial charge in [0.1, 0.15) is 11.6 Å².